The maximum absolute atomic E-state index is 12.6. The third-order valence-corrected chi connectivity index (χ3v) is 5.07. The van der Waals surface area contributed by atoms with Crippen LogP contribution in [0.15, 0.2) is 42.5 Å². The van der Waals surface area contributed by atoms with E-state index in [1.54, 1.807) is 18.2 Å². The molecule has 1 aliphatic rings. The van der Waals surface area contributed by atoms with Gasteiger partial charge in [0.05, 0.1) is 0 Å². The third-order valence-electron chi connectivity index (χ3n) is 5.07. The molecule has 1 aliphatic heterocycles. The number of carbonyl (C=O) groups is 2. The predicted molar refractivity (Wildman–Crippen MR) is 113 cm³/mol. The molecule has 2 amide bonds. The van der Waals surface area contributed by atoms with Crippen molar-refractivity contribution in [1.29, 1.82) is 0 Å². The van der Waals surface area contributed by atoms with Gasteiger partial charge in [0.15, 0.2) is 0 Å². The average molecular weight is 380 g/mol. The first kappa shape index (κ1) is 19.9. The van der Waals surface area contributed by atoms with Gasteiger partial charge in [-0.25, -0.2) is 0 Å². The van der Waals surface area contributed by atoms with E-state index >= 15 is 0 Å². The lowest BCUT2D eigenvalue weighted by atomic mass is 10.1. The number of hydrogen-bond donors (Lipinski definition) is 2. The lowest BCUT2D eigenvalue weighted by Crippen LogP contribution is -2.44. The van der Waals surface area contributed by atoms with Crippen molar-refractivity contribution in [3.8, 4) is 0 Å². The van der Waals surface area contributed by atoms with Crippen molar-refractivity contribution in [2.45, 2.75) is 13.8 Å². The highest BCUT2D eigenvalue weighted by molar-refractivity contribution is 6.05. The van der Waals surface area contributed by atoms with Gasteiger partial charge < -0.3 is 20.4 Å². The monoisotopic (exact) mass is 380 g/mol. The van der Waals surface area contributed by atoms with Crippen molar-refractivity contribution in [2.75, 3.05) is 50.0 Å². The number of anilines is 2. The largest absolute Gasteiger partial charge is 0.369 e. The summed E-state index contributed by atoms with van der Waals surface area (Å²) in [6.07, 6.45) is 0. The second kappa shape index (κ2) is 8.89. The zero-order valence-electron chi connectivity index (χ0n) is 16.8. The van der Waals surface area contributed by atoms with E-state index in [0.29, 0.717) is 23.4 Å². The molecule has 0 radical (unpaired) electrons. The predicted octanol–water partition coefficient (Wildman–Crippen LogP) is 2.75. The number of likely N-dealkylation sites (N-methyl/N-ethyl adjacent to an activating group) is 1. The summed E-state index contributed by atoms with van der Waals surface area (Å²) in [6, 6.07) is 13.0. The molecule has 0 aliphatic carbocycles. The Morgan fingerprint density at radius 2 is 1.57 bits per heavy atom. The van der Waals surface area contributed by atoms with Gasteiger partial charge in [-0.1, -0.05) is 0 Å². The number of benzene rings is 2. The molecule has 0 bridgehead atoms. The standard InChI is InChI=1S/C22H28N4O2/c1-4-23-21(27)18-7-10-20(16(2)15-18)24-22(28)17-5-8-19(9-6-17)26-13-11-25(3)12-14-26/h5-10,15H,4,11-14H2,1-3H3,(H,23,27)(H,24,28). The minimum absolute atomic E-state index is 0.108. The van der Waals surface area contributed by atoms with Gasteiger partial charge in [0.2, 0.25) is 0 Å². The lowest BCUT2D eigenvalue weighted by Gasteiger charge is -2.34. The van der Waals surface area contributed by atoms with Crippen LogP contribution in [0.4, 0.5) is 11.4 Å². The Labute approximate surface area is 166 Å². The number of carbonyl (C=O) groups excluding carboxylic acids is 2. The fraction of sp³-hybridized carbons (Fsp3) is 0.364. The summed E-state index contributed by atoms with van der Waals surface area (Å²) >= 11 is 0. The normalized spacial score (nSPS) is 14.6. The van der Waals surface area contributed by atoms with Crippen LogP contribution in [0.3, 0.4) is 0 Å². The Morgan fingerprint density at radius 1 is 0.929 bits per heavy atom. The van der Waals surface area contributed by atoms with Crippen LogP contribution < -0.4 is 15.5 Å². The zero-order valence-corrected chi connectivity index (χ0v) is 16.8. The minimum atomic E-state index is -0.154. The molecule has 3 rings (SSSR count). The fourth-order valence-electron chi connectivity index (χ4n) is 3.29. The highest BCUT2D eigenvalue weighted by Gasteiger charge is 2.15. The lowest BCUT2D eigenvalue weighted by molar-refractivity contribution is 0.0955. The topological polar surface area (TPSA) is 64.7 Å². The molecular weight excluding hydrogens is 352 g/mol. The molecule has 2 N–H and O–H groups in total. The van der Waals surface area contributed by atoms with E-state index in [0.717, 1.165) is 37.4 Å². The van der Waals surface area contributed by atoms with E-state index in [1.807, 2.05) is 38.1 Å². The Balaban J connectivity index is 1.65. The minimum Gasteiger partial charge on any atom is -0.369 e. The van der Waals surface area contributed by atoms with Crippen molar-refractivity contribution >= 4 is 23.2 Å². The summed E-state index contributed by atoms with van der Waals surface area (Å²) in [5.41, 5.74) is 3.92. The second-order valence-corrected chi connectivity index (χ2v) is 7.18. The molecule has 148 valence electrons. The molecule has 2 aromatic rings. The van der Waals surface area contributed by atoms with Crippen LogP contribution in [0.25, 0.3) is 0 Å². The van der Waals surface area contributed by atoms with Crippen LogP contribution in [0, 0.1) is 6.92 Å². The molecular formula is C22H28N4O2. The smallest absolute Gasteiger partial charge is 0.255 e. The van der Waals surface area contributed by atoms with Crippen LogP contribution in [0.2, 0.25) is 0 Å². The summed E-state index contributed by atoms with van der Waals surface area (Å²) in [6.45, 7) is 8.45. The van der Waals surface area contributed by atoms with Gasteiger partial charge >= 0.3 is 0 Å². The maximum Gasteiger partial charge on any atom is 0.255 e. The van der Waals surface area contributed by atoms with E-state index < -0.39 is 0 Å². The van der Waals surface area contributed by atoms with Crippen molar-refractivity contribution in [3.63, 3.8) is 0 Å². The van der Waals surface area contributed by atoms with Gasteiger partial charge in [0.25, 0.3) is 11.8 Å². The molecule has 0 aromatic heterocycles. The molecule has 0 spiro atoms. The first-order chi connectivity index (χ1) is 13.5. The first-order valence-corrected chi connectivity index (χ1v) is 9.71. The second-order valence-electron chi connectivity index (χ2n) is 7.18. The van der Waals surface area contributed by atoms with Gasteiger partial charge in [0, 0.05) is 55.2 Å². The van der Waals surface area contributed by atoms with Gasteiger partial charge in [-0.2, -0.15) is 0 Å². The van der Waals surface area contributed by atoms with Gasteiger partial charge in [0.1, 0.15) is 0 Å². The van der Waals surface area contributed by atoms with Crippen molar-refractivity contribution in [2.24, 2.45) is 0 Å². The van der Waals surface area contributed by atoms with Crippen LogP contribution in [-0.2, 0) is 0 Å². The molecule has 1 heterocycles. The molecule has 1 saturated heterocycles. The highest BCUT2D eigenvalue weighted by Crippen LogP contribution is 2.20. The Kier molecular flexibility index (Phi) is 6.31. The van der Waals surface area contributed by atoms with E-state index in [9.17, 15) is 9.59 Å². The van der Waals surface area contributed by atoms with Gasteiger partial charge in [-0.05, 0) is 68.9 Å². The zero-order chi connectivity index (χ0) is 20.1. The summed E-state index contributed by atoms with van der Waals surface area (Å²) in [7, 11) is 2.13. The number of piperazine rings is 1. The number of hydrogen-bond acceptors (Lipinski definition) is 4. The molecule has 0 atom stereocenters. The highest BCUT2D eigenvalue weighted by atomic mass is 16.2. The van der Waals surface area contributed by atoms with Gasteiger partial charge in [-0.15, -0.1) is 0 Å². The van der Waals surface area contributed by atoms with Crippen LogP contribution in [0.1, 0.15) is 33.2 Å². The first-order valence-electron chi connectivity index (χ1n) is 9.71. The third kappa shape index (κ3) is 4.70. The Morgan fingerprint density at radius 3 is 2.18 bits per heavy atom. The molecule has 0 unspecified atom stereocenters. The van der Waals surface area contributed by atoms with E-state index in [4.69, 9.17) is 0 Å². The number of rotatable bonds is 5. The number of aryl methyl sites for hydroxylation is 1. The average Bonchev–Trinajstić information content (AvgIpc) is 2.70. The molecule has 1 fully saturated rings. The molecule has 6 heteroatoms. The fourth-order valence-corrected chi connectivity index (χ4v) is 3.29. The quantitative estimate of drug-likeness (QED) is 0.837. The van der Waals surface area contributed by atoms with Crippen LogP contribution in [-0.4, -0.2) is 56.5 Å². The summed E-state index contributed by atoms with van der Waals surface area (Å²) in [4.78, 5) is 29.2. The van der Waals surface area contributed by atoms with Crippen molar-refractivity contribution < 1.29 is 9.59 Å². The van der Waals surface area contributed by atoms with E-state index in [-0.39, 0.29) is 11.8 Å². The number of amides is 2. The Bertz CT molecular complexity index is 840. The SMILES string of the molecule is CCNC(=O)c1ccc(NC(=O)c2ccc(N3CCN(C)CC3)cc2)c(C)c1. The molecule has 28 heavy (non-hydrogen) atoms. The number of nitrogens with one attached hydrogen (secondary N) is 2. The van der Waals surface area contributed by atoms with Gasteiger partial charge in [-0.3, -0.25) is 9.59 Å². The van der Waals surface area contributed by atoms with E-state index in [2.05, 4.69) is 27.5 Å². The maximum atomic E-state index is 12.6. The summed E-state index contributed by atoms with van der Waals surface area (Å²) in [5.74, 6) is -0.262. The number of nitrogens with zero attached hydrogens (tertiary/aromatic N) is 2. The van der Waals surface area contributed by atoms with Crippen LogP contribution >= 0.6 is 0 Å². The van der Waals surface area contributed by atoms with Crippen molar-refractivity contribution in [3.05, 3.63) is 59.2 Å². The molecule has 6 nitrogen and oxygen atoms in total. The molecule has 2 aromatic carbocycles. The van der Waals surface area contributed by atoms with Crippen molar-refractivity contribution in [1.82, 2.24) is 10.2 Å². The summed E-state index contributed by atoms with van der Waals surface area (Å²) in [5, 5.41) is 5.72. The summed E-state index contributed by atoms with van der Waals surface area (Å²) < 4.78 is 0. The molecule has 0 saturated carbocycles. The Hall–Kier alpha value is -2.86. The van der Waals surface area contributed by atoms with E-state index in [1.165, 1.54) is 0 Å². The van der Waals surface area contributed by atoms with Crippen LogP contribution in [0.5, 0.6) is 0 Å².